The van der Waals surface area contributed by atoms with E-state index in [0.29, 0.717) is 47.5 Å². The Morgan fingerprint density at radius 3 is 2.02 bits per heavy atom. The molecule has 0 bridgehead atoms. The summed E-state index contributed by atoms with van der Waals surface area (Å²) in [4.78, 5) is 39.4. The molecule has 51 heavy (non-hydrogen) atoms. The van der Waals surface area contributed by atoms with E-state index in [1.54, 1.807) is 74.1 Å². The fourth-order valence-electron chi connectivity index (χ4n) is 6.01. The lowest BCUT2D eigenvalue weighted by Gasteiger charge is -2.41. The number of nitrogen functional groups attached to an aromatic ring is 1. The molecule has 4 atom stereocenters. The minimum Gasteiger partial charge on any atom is -0.474 e. The third-order valence-electron chi connectivity index (χ3n) is 8.53. The predicted octanol–water partition coefficient (Wildman–Crippen LogP) is 5.46. The van der Waals surface area contributed by atoms with Crippen molar-refractivity contribution < 1.29 is 38.0 Å². The third-order valence-corrected chi connectivity index (χ3v) is 8.71. The van der Waals surface area contributed by atoms with Gasteiger partial charge in [-0.1, -0.05) is 54.6 Å². The van der Waals surface area contributed by atoms with Gasteiger partial charge in [-0.25, -0.2) is 14.6 Å². The number of rotatable bonds is 13. The molecule has 0 spiro atoms. The van der Waals surface area contributed by atoms with Crippen LogP contribution in [0.5, 0.6) is 11.6 Å². The first-order chi connectivity index (χ1) is 24.9. The van der Waals surface area contributed by atoms with Crippen LogP contribution < -0.4 is 15.2 Å². The molecule has 3 aromatic carbocycles. The van der Waals surface area contributed by atoms with Crippen LogP contribution in [0.15, 0.2) is 97.3 Å². The molecular formula is C37H37N5O8S. The number of thiocarbonyl (C=S) groups is 1. The van der Waals surface area contributed by atoms with Gasteiger partial charge in [0.15, 0.2) is 11.2 Å². The number of aromatic nitrogens is 4. The van der Waals surface area contributed by atoms with Gasteiger partial charge < -0.3 is 38.7 Å². The zero-order valence-corrected chi connectivity index (χ0v) is 28.6. The Labute approximate surface area is 299 Å². The number of carbonyl (C=O) groups excluding carboxylic acids is 2. The highest BCUT2D eigenvalue weighted by Crippen LogP contribution is 2.41. The molecule has 1 aliphatic rings. The molecule has 1 fully saturated rings. The maximum Gasteiger partial charge on any atom is 0.358 e. The van der Waals surface area contributed by atoms with Gasteiger partial charge in [-0.05, 0) is 49.2 Å². The van der Waals surface area contributed by atoms with Gasteiger partial charge in [0.25, 0.3) is 0 Å². The predicted molar refractivity (Wildman–Crippen MR) is 190 cm³/mol. The first-order valence-corrected chi connectivity index (χ1v) is 16.8. The minimum atomic E-state index is -0.617. The number of methoxy groups -OCH3 is 1. The van der Waals surface area contributed by atoms with E-state index in [-0.39, 0.29) is 48.7 Å². The number of fused-ring (bicyclic) bond motifs is 1. The SMILES string of the molecule is COCCOc1nc(N)nc2c1ncn2C1CC(COC(=O)c2ccccc2)C(COC(=O)c2ccccc2)CC1OC(=S)Oc1ccccc1. The molecule has 14 heteroatoms. The number of anilines is 1. The molecule has 0 radical (unpaired) electrons. The Hall–Kier alpha value is -5.60. The molecule has 0 saturated heterocycles. The van der Waals surface area contributed by atoms with E-state index < -0.39 is 24.1 Å². The van der Waals surface area contributed by atoms with Crippen LogP contribution in [0.2, 0.25) is 0 Å². The number of imidazole rings is 1. The van der Waals surface area contributed by atoms with E-state index in [9.17, 15) is 9.59 Å². The lowest BCUT2D eigenvalue weighted by molar-refractivity contribution is -0.0289. The molecule has 0 amide bonds. The number of benzene rings is 3. The summed E-state index contributed by atoms with van der Waals surface area (Å²) >= 11 is 5.57. The summed E-state index contributed by atoms with van der Waals surface area (Å²) in [6, 6.07) is 26.1. The van der Waals surface area contributed by atoms with E-state index in [2.05, 4.69) is 15.0 Å². The van der Waals surface area contributed by atoms with Gasteiger partial charge >= 0.3 is 17.2 Å². The molecule has 4 unspecified atom stereocenters. The van der Waals surface area contributed by atoms with Crippen molar-refractivity contribution in [1.82, 2.24) is 19.5 Å². The number of ether oxygens (including phenoxy) is 6. The second-order valence-electron chi connectivity index (χ2n) is 11.9. The van der Waals surface area contributed by atoms with Gasteiger partial charge in [-0.2, -0.15) is 9.97 Å². The summed E-state index contributed by atoms with van der Waals surface area (Å²) < 4.78 is 36.7. The molecule has 1 aliphatic carbocycles. The normalized spacial score (nSPS) is 18.5. The third kappa shape index (κ3) is 8.96. The summed E-state index contributed by atoms with van der Waals surface area (Å²) in [7, 11) is 1.57. The number of hydrogen-bond acceptors (Lipinski definition) is 13. The topological polar surface area (TPSA) is 159 Å². The average Bonchev–Trinajstić information content (AvgIpc) is 3.58. The van der Waals surface area contributed by atoms with Crippen molar-refractivity contribution in [2.45, 2.75) is 25.0 Å². The van der Waals surface area contributed by atoms with E-state index in [0.717, 1.165) is 0 Å². The number of nitrogens with zero attached hydrogens (tertiary/aromatic N) is 4. The van der Waals surface area contributed by atoms with Crippen LogP contribution >= 0.6 is 12.2 Å². The highest BCUT2D eigenvalue weighted by molar-refractivity contribution is 7.79. The Morgan fingerprint density at radius 1 is 0.824 bits per heavy atom. The molecular weight excluding hydrogens is 675 g/mol. The number of para-hydroxylation sites is 1. The van der Waals surface area contributed by atoms with Crippen molar-refractivity contribution >= 4 is 46.5 Å². The summed E-state index contributed by atoms with van der Waals surface area (Å²) in [5.74, 6) is -0.801. The monoisotopic (exact) mass is 711 g/mol. The molecule has 5 aromatic rings. The van der Waals surface area contributed by atoms with Crippen LogP contribution in [0.25, 0.3) is 11.2 Å². The van der Waals surface area contributed by atoms with Crippen molar-refractivity contribution in [2.75, 3.05) is 39.3 Å². The van der Waals surface area contributed by atoms with Gasteiger partial charge in [0.05, 0.1) is 43.3 Å². The molecule has 2 heterocycles. The van der Waals surface area contributed by atoms with Crippen molar-refractivity contribution in [3.8, 4) is 11.6 Å². The average molecular weight is 712 g/mol. The molecule has 2 aromatic heterocycles. The van der Waals surface area contributed by atoms with E-state index in [1.165, 1.54) is 0 Å². The number of carbonyl (C=O) groups is 2. The van der Waals surface area contributed by atoms with E-state index in [1.807, 2.05) is 34.9 Å². The second kappa shape index (κ2) is 16.9. The number of esters is 2. The van der Waals surface area contributed by atoms with Crippen molar-refractivity contribution in [3.63, 3.8) is 0 Å². The van der Waals surface area contributed by atoms with Gasteiger partial charge in [0.2, 0.25) is 11.8 Å². The fourth-order valence-corrected chi connectivity index (χ4v) is 6.23. The first kappa shape index (κ1) is 35.2. The summed E-state index contributed by atoms with van der Waals surface area (Å²) in [6.07, 6.45) is 1.74. The largest absolute Gasteiger partial charge is 0.474 e. The Bertz CT molecular complexity index is 1930. The molecule has 6 rings (SSSR count). The summed E-state index contributed by atoms with van der Waals surface area (Å²) in [6.45, 7) is 0.651. The lowest BCUT2D eigenvalue weighted by atomic mass is 9.75. The maximum absolute atomic E-state index is 13.1. The molecule has 1 saturated carbocycles. The zero-order valence-electron chi connectivity index (χ0n) is 27.8. The zero-order chi connectivity index (χ0) is 35.6. The first-order valence-electron chi connectivity index (χ1n) is 16.4. The van der Waals surface area contributed by atoms with Crippen molar-refractivity contribution in [1.29, 1.82) is 0 Å². The molecule has 0 aliphatic heterocycles. The van der Waals surface area contributed by atoms with Crippen LogP contribution in [0.1, 0.15) is 39.6 Å². The van der Waals surface area contributed by atoms with Crippen LogP contribution in [0.3, 0.4) is 0 Å². The quantitative estimate of drug-likeness (QED) is 0.0933. The van der Waals surface area contributed by atoms with Gasteiger partial charge in [0, 0.05) is 31.2 Å². The lowest BCUT2D eigenvalue weighted by Crippen LogP contribution is -2.43. The Kier molecular flexibility index (Phi) is 11.7. The van der Waals surface area contributed by atoms with Crippen LogP contribution in [0, 0.1) is 11.8 Å². The van der Waals surface area contributed by atoms with Gasteiger partial charge in [-0.15, -0.1) is 0 Å². The van der Waals surface area contributed by atoms with Gasteiger partial charge in [0.1, 0.15) is 18.5 Å². The Balaban J connectivity index is 1.31. The Morgan fingerprint density at radius 2 is 1.41 bits per heavy atom. The summed E-state index contributed by atoms with van der Waals surface area (Å²) in [5.41, 5.74) is 7.80. The van der Waals surface area contributed by atoms with Crippen LogP contribution in [-0.2, 0) is 18.9 Å². The minimum absolute atomic E-state index is 0.00748. The van der Waals surface area contributed by atoms with E-state index in [4.69, 9.17) is 46.4 Å². The highest BCUT2D eigenvalue weighted by atomic mass is 32.1. The summed E-state index contributed by atoms with van der Waals surface area (Å²) in [5, 5.41) is -0.0904. The number of nitrogens with two attached hydrogens (primary N) is 1. The van der Waals surface area contributed by atoms with Gasteiger partial charge in [-0.3, -0.25) is 0 Å². The smallest absolute Gasteiger partial charge is 0.358 e. The van der Waals surface area contributed by atoms with Crippen molar-refractivity contribution in [3.05, 3.63) is 108 Å². The second-order valence-corrected chi connectivity index (χ2v) is 12.2. The van der Waals surface area contributed by atoms with Crippen LogP contribution in [-0.4, -0.2) is 76.3 Å². The fraction of sp³-hybridized carbons (Fsp3) is 0.297. The molecule has 264 valence electrons. The molecule has 2 N–H and O–H groups in total. The maximum atomic E-state index is 13.1. The highest BCUT2D eigenvalue weighted by Gasteiger charge is 2.42. The number of hydrogen-bond donors (Lipinski definition) is 1. The van der Waals surface area contributed by atoms with Crippen molar-refractivity contribution in [2.24, 2.45) is 11.8 Å². The van der Waals surface area contributed by atoms with E-state index >= 15 is 0 Å². The standard InChI is InChI=1S/C37H37N5O8S/c1-45-17-18-46-33-31-32(40-36(38)41-33)42(23-39-31)29-19-26(21-47-34(43)24-11-5-2-6-12-24)27(22-48-35(44)25-13-7-3-8-14-25)20-30(29)50-37(51)49-28-15-9-4-10-16-28/h2-16,23,26-27,29-30H,17-22H2,1H3,(H2,38,40,41). The van der Waals surface area contributed by atoms with Crippen LogP contribution in [0.4, 0.5) is 5.95 Å². The molecule has 13 nitrogen and oxygen atoms in total.